The Morgan fingerprint density at radius 2 is 1.31 bits per heavy atom. The number of hydrogen-bond acceptors (Lipinski definition) is 6. The Bertz CT molecular complexity index is 1790. The molecule has 5 rings (SSSR count). The fourth-order valence-electron chi connectivity index (χ4n) is 4.72. The highest BCUT2D eigenvalue weighted by Gasteiger charge is 2.28. The molecule has 5 aromatic rings. The zero-order valence-corrected chi connectivity index (χ0v) is 18.5. The highest BCUT2D eigenvalue weighted by atomic mass is 16.4. The summed E-state index contributed by atoms with van der Waals surface area (Å²) >= 11 is 0. The molecule has 0 aliphatic carbocycles. The maximum absolute atomic E-state index is 13.6. The Balaban J connectivity index is 2.28. The predicted octanol–water partition coefficient (Wildman–Crippen LogP) is 5.35. The van der Waals surface area contributed by atoms with E-state index in [1.54, 1.807) is 34.6 Å². The normalized spacial score (nSPS) is 11.9. The molecule has 0 spiro atoms. The summed E-state index contributed by atoms with van der Waals surface area (Å²) in [4.78, 5) is 38.7. The zero-order chi connectivity index (χ0) is 23.2. The van der Waals surface area contributed by atoms with Crippen LogP contribution in [-0.2, 0) is 0 Å². The summed E-state index contributed by atoms with van der Waals surface area (Å²) in [5.41, 5.74) is 1.10. The van der Waals surface area contributed by atoms with Gasteiger partial charge in [0.15, 0.2) is 27.7 Å². The number of carboxylic acid groups (broad SMARTS) is 1. The summed E-state index contributed by atoms with van der Waals surface area (Å²) in [7, 11) is 0. The third kappa shape index (κ3) is 2.28. The predicted molar refractivity (Wildman–Crippen MR) is 121 cm³/mol. The molecule has 3 heterocycles. The van der Waals surface area contributed by atoms with E-state index in [1.807, 2.05) is 6.92 Å². The molecule has 0 amide bonds. The molecule has 1 N–H and O–H groups in total. The van der Waals surface area contributed by atoms with Gasteiger partial charge in [0.1, 0.15) is 23.2 Å². The third-order valence-corrected chi connectivity index (χ3v) is 6.62. The molecule has 0 fully saturated rings. The van der Waals surface area contributed by atoms with E-state index in [4.69, 9.17) is 13.3 Å². The Morgan fingerprint density at radius 1 is 0.688 bits per heavy atom. The van der Waals surface area contributed by atoms with Crippen LogP contribution in [0.25, 0.3) is 43.7 Å². The lowest BCUT2D eigenvalue weighted by Gasteiger charge is -2.16. The minimum absolute atomic E-state index is 0.111. The lowest BCUT2D eigenvalue weighted by Crippen LogP contribution is -2.19. The maximum Gasteiger partial charge on any atom is 0.343 e. The number of benzene rings is 2. The molecule has 7 heteroatoms. The molecule has 0 atom stereocenters. The zero-order valence-electron chi connectivity index (χ0n) is 18.5. The van der Waals surface area contributed by atoms with Gasteiger partial charge < -0.3 is 18.4 Å². The molecule has 0 saturated carbocycles. The van der Waals surface area contributed by atoms with Crippen LogP contribution in [0, 0.1) is 41.5 Å². The summed E-state index contributed by atoms with van der Waals surface area (Å²) < 4.78 is 17.9. The molecule has 2 aromatic carbocycles. The van der Waals surface area contributed by atoms with Crippen molar-refractivity contribution in [3.63, 3.8) is 0 Å². The van der Waals surface area contributed by atoms with Gasteiger partial charge in [-0.05, 0) is 52.7 Å². The van der Waals surface area contributed by atoms with Crippen molar-refractivity contribution in [3.05, 3.63) is 66.0 Å². The fourth-order valence-corrected chi connectivity index (χ4v) is 4.72. The van der Waals surface area contributed by atoms with Crippen LogP contribution < -0.4 is 10.9 Å². The first-order valence-electron chi connectivity index (χ1n) is 10.1. The van der Waals surface area contributed by atoms with E-state index < -0.39 is 17.0 Å². The van der Waals surface area contributed by atoms with Crippen LogP contribution in [0.15, 0.2) is 29.1 Å². The standard InChI is InChI=1S/C25H20O7/c1-8-12(5)30-7-14-15(8)10(3)20(26)18-22(14)32-24-17-16(9(2)13(6)31-23(17)18)11(4)21(27)19(24)25(28)29/h7H,1-6H3,(H,28,29). The minimum atomic E-state index is -1.40. The second-order valence-electron chi connectivity index (χ2n) is 8.29. The summed E-state index contributed by atoms with van der Waals surface area (Å²) in [5.74, 6) is -0.227. The van der Waals surface area contributed by atoms with Crippen LogP contribution in [0.2, 0.25) is 0 Å². The van der Waals surface area contributed by atoms with Gasteiger partial charge in [-0.3, -0.25) is 9.59 Å². The molecule has 0 radical (unpaired) electrons. The summed E-state index contributed by atoms with van der Waals surface area (Å²) in [5, 5.41) is 12.1. The Kier molecular flexibility index (Phi) is 3.96. The van der Waals surface area contributed by atoms with Gasteiger partial charge in [-0.25, -0.2) is 4.79 Å². The number of hydrogen-bond donors (Lipinski definition) is 1. The van der Waals surface area contributed by atoms with Gasteiger partial charge >= 0.3 is 5.97 Å². The van der Waals surface area contributed by atoms with Crippen molar-refractivity contribution in [1.82, 2.24) is 0 Å². The lowest BCUT2D eigenvalue weighted by atomic mass is 9.93. The number of aryl methyl sites for hydroxylation is 6. The third-order valence-electron chi connectivity index (χ3n) is 6.62. The fraction of sp³-hybridized carbons (Fsp3) is 0.240. The summed E-state index contributed by atoms with van der Waals surface area (Å²) in [6.45, 7) is 10.5. The second-order valence-corrected chi connectivity index (χ2v) is 8.29. The highest BCUT2D eigenvalue weighted by Crippen LogP contribution is 2.40. The lowest BCUT2D eigenvalue weighted by molar-refractivity contribution is 0.0696. The molecule has 0 aliphatic heterocycles. The van der Waals surface area contributed by atoms with Crippen LogP contribution in [0.4, 0.5) is 0 Å². The molecule has 32 heavy (non-hydrogen) atoms. The van der Waals surface area contributed by atoms with E-state index in [2.05, 4.69) is 0 Å². The SMILES string of the molecule is Cc1occ2c(c1C)c(C)c(=O)c1c2oc2c(C(=O)O)c(=O)c(C)c3c(C)c(C)oc1c23. The maximum atomic E-state index is 13.6. The van der Waals surface area contributed by atoms with Gasteiger partial charge in [-0.15, -0.1) is 0 Å². The Morgan fingerprint density at radius 3 is 1.97 bits per heavy atom. The van der Waals surface area contributed by atoms with Crippen LogP contribution in [-0.4, -0.2) is 11.1 Å². The van der Waals surface area contributed by atoms with Gasteiger partial charge in [-0.1, -0.05) is 0 Å². The topological polar surface area (TPSA) is 111 Å². The van der Waals surface area contributed by atoms with E-state index in [1.165, 1.54) is 6.26 Å². The van der Waals surface area contributed by atoms with E-state index in [0.29, 0.717) is 44.2 Å². The van der Waals surface area contributed by atoms with Gasteiger partial charge in [0.25, 0.3) is 0 Å². The number of rotatable bonds is 1. The largest absolute Gasteiger partial charge is 0.477 e. The van der Waals surface area contributed by atoms with Gasteiger partial charge in [0.2, 0.25) is 5.43 Å². The number of carboxylic acids is 1. The number of fused-ring (bicyclic) bond motifs is 4. The van der Waals surface area contributed by atoms with Crippen molar-refractivity contribution < 1.29 is 23.2 Å². The Labute approximate surface area is 180 Å². The van der Waals surface area contributed by atoms with Crippen molar-refractivity contribution in [2.75, 3.05) is 0 Å². The van der Waals surface area contributed by atoms with Crippen molar-refractivity contribution in [3.8, 4) is 0 Å². The van der Waals surface area contributed by atoms with Crippen LogP contribution in [0.5, 0.6) is 0 Å². The monoisotopic (exact) mass is 432 g/mol. The van der Waals surface area contributed by atoms with Gasteiger partial charge in [0, 0.05) is 21.9 Å². The molecule has 0 saturated heterocycles. The molecular formula is C25H20O7. The first-order valence-corrected chi connectivity index (χ1v) is 10.1. The molecular weight excluding hydrogens is 412 g/mol. The van der Waals surface area contributed by atoms with E-state index >= 15 is 0 Å². The second kappa shape index (κ2) is 6.32. The van der Waals surface area contributed by atoms with E-state index in [9.17, 15) is 19.5 Å². The van der Waals surface area contributed by atoms with Crippen molar-refractivity contribution in [2.45, 2.75) is 41.5 Å². The quantitative estimate of drug-likeness (QED) is 0.281. The first kappa shape index (κ1) is 20.1. The van der Waals surface area contributed by atoms with Crippen molar-refractivity contribution >= 4 is 49.6 Å². The summed E-state index contributed by atoms with van der Waals surface area (Å²) in [6, 6.07) is 0. The van der Waals surface area contributed by atoms with Crippen LogP contribution in [0.1, 0.15) is 44.1 Å². The molecule has 0 bridgehead atoms. The van der Waals surface area contributed by atoms with Crippen molar-refractivity contribution in [2.24, 2.45) is 0 Å². The van der Waals surface area contributed by atoms with Crippen molar-refractivity contribution in [1.29, 1.82) is 0 Å². The molecule has 162 valence electrons. The van der Waals surface area contributed by atoms with E-state index in [-0.39, 0.29) is 33.1 Å². The van der Waals surface area contributed by atoms with E-state index in [0.717, 1.165) is 5.56 Å². The first-order chi connectivity index (χ1) is 15.1. The molecule has 3 aromatic heterocycles. The molecule has 0 aliphatic rings. The smallest absolute Gasteiger partial charge is 0.343 e. The molecule has 0 unspecified atom stereocenters. The van der Waals surface area contributed by atoms with Crippen LogP contribution >= 0.6 is 0 Å². The number of aromatic carboxylic acids is 1. The molecule has 7 nitrogen and oxygen atoms in total. The summed E-state index contributed by atoms with van der Waals surface area (Å²) in [6.07, 6.45) is 1.49. The van der Waals surface area contributed by atoms with Gasteiger partial charge in [-0.2, -0.15) is 0 Å². The average Bonchev–Trinajstić information content (AvgIpc) is 2.73. The van der Waals surface area contributed by atoms with Gasteiger partial charge in [0.05, 0.1) is 10.8 Å². The van der Waals surface area contributed by atoms with Crippen LogP contribution in [0.3, 0.4) is 0 Å². The average molecular weight is 432 g/mol. The minimum Gasteiger partial charge on any atom is -0.477 e. The highest BCUT2D eigenvalue weighted by molar-refractivity contribution is 6.23. The number of carbonyl (C=O) groups is 1. The Hall–Kier alpha value is -3.87.